The number of carbonyl (C=O) groups is 1. The third-order valence-corrected chi connectivity index (χ3v) is 3.87. The van der Waals surface area contributed by atoms with Gasteiger partial charge >= 0.3 is 5.97 Å². The van der Waals surface area contributed by atoms with Crippen molar-refractivity contribution in [3.8, 4) is 0 Å². The molecule has 0 radical (unpaired) electrons. The van der Waals surface area contributed by atoms with Crippen LogP contribution in [-0.4, -0.2) is 33.9 Å². The molecule has 6 heteroatoms. The summed E-state index contributed by atoms with van der Waals surface area (Å²) in [6, 6.07) is 0. The van der Waals surface area contributed by atoms with Gasteiger partial charge in [0.15, 0.2) is 0 Å². The van der Waals surface area contributed by atoms with Crippen molar-refractivity contribution in [2.24, 2.45) is 0 Å². The monoisotopic (exact) mass is 272 g/mol. The van der Waals surface area contributed by atoms with Gasteiger partial charge in [-0.15, -0.1) is 0 Å². The number of nitrogens with zero attached hydrogens (tertiary/aromatic N) is 1. The number of nitrogens with one attached hydrogen (secondary N) is 1. The molecule has 102 valence electrons. The number of rotatable bonds is 7. The summed E-state index contributed by atoms with van der Waals surface area (Å²) >= 11 is 1.32. The maximum Gasteiger partial charge on any atom is 0.324 e. The van der Waals surface area contributed by atoms with Gasteiger partial charge in [0.25, 0.3) is 5.22 Å². The van der Waals surface area contributed by atoms with Gasteiger partial charge in [0.2, 0.25) is 0 Å². The predicted octanol–water partition coefficient (Wildman–Crippen LogP) is 2.23. The summed E-state index contributed by atoms with van der Waals surface area (Å²) in [6.45, 7) is 8.07. The Bertz CT molecular complexity index is 400. The molecule has 5 nitrogen and oxygen atoms in total. The Morgan fingerprint density at radius 3 is 2.67 bits per heavy atom. The maximum absolute atomic E-state index is 11.3. The van der Waals surface area contributed by atoms with Gasteiger partial charge in [0, 0.05) is 5.75 Å². The highest BCUT2D eigenvalue weighted by Gasteiger charge is 2.33. The Kier molecular flexibility index (Phi) is 5.22. The smallest absolute Gasteiger partial charge is 0.324 e. The Balaban J connectivity index is 2.64. The van der Waals surface area contributed by atoms with Crippen LogP contribution in [0, 0.1) is 13.8 Å². The standard InChI is InChI=1S/C12H20N2O3S/c1-5-6-13-12(4,10(15)16)7-18-11-14-8(2)9(3)17-11/h13H,5-7H2,1-4H3,(H,15,16). The highest BCUT2D eigenvalue weighted by atomic mass is 32.2. The lowest BCUT2D eigenvalue weighted by Crippen LogP contribution is -2.51. The number of carboxylic acids is 1. The molecule has 1 aromatic heterocycles. The molecule has 1 rings (SSSR count). The van der Waals surface area contributed by atoms with Crippen LogP contribution in [0.3, 0.4) is 0 Å². The van der Waals surface area contributed by atoms with Gasteiger partial charge in [-0.05, 0) is 33.7 Å². The van der Waals surface area contributed by atoms with E-state index in [0.717, 1.165) is 17.9 Å². The average molecular weight is 272 g/mol. The molecular weight excluding hydrogens is 252 g/mol. The summed E-state index contributed by atoms with van der Waals surface area (Å²) in [4.78, 5) is 15.5. The summed E-state index contributed by atoms with van der Waals surface area (Å²) in [5.41, 5.74) is -0.118. The van der Waals surface area contributed by atoms with Crippen LogP contribution < -0.4 is 5.32 Å². The fourth-order valence-electron chi connectivity index (χ4n) is 1.30. The minimum Gasteiger partial charge on any atom is -0.480 e. The van der Waals surface area contributed by atoms with E-state index in [4.69, 9.17) is 4.42 Å². The summed E-state index contributed by atoms with van der Waals surface area (Å²) in [5, 5.41) is 12.8. The van der Waals surface area contributed by atoms with Gasteiger partial charge in [-0.25, -0.2) is 4.98 Å². The lowest BCUT2D eigenvalue weighted by molar-refractivity contribution is -0.143. The van der Waals surface area contributed by atoms with Crippen LogP contribution in [0.15, 0.2) is 9.64 Å². The molecule has 0 aliphatic rings. The van der Waals surface area contributed by atoms with E-state index in [1.807, 2.05) is 20.8 Å². The van der Waals surface area contributed by atoms with Gasteiger partial charge < -0.3 is 14.8 Å². The molecule has 0 amide bonds. The molecule has 0 aliphatic carbocycles. The second-order valence-corrected chi connectivity index (χ2v) is 5.40. The number of oxazole rings is 1. The van der Waals surface area contributed by atoms with Gasteiger partial charge in [-0.1, -0.05) is 18.7 Å². The van der Waals surface area contributed by atoms with Crippen molar-refractivity contribution < 1.29 is 14.3 Å². The second-order valence-electron chi connectivity index (χ2n) is 4.47. The Labute approximate surface area is 111 Å². The predicted molar refractivity (Wildman–Crippen MR) is 71.0 cm³/mol. The third kappa shape index (κ3) is 3.74. The number of aliphatic carboxylic acids is 1. The normalized spacial score (nSPS) is 14.4. The number of carboxylic acid groups (broad SMARTS) is 1. The average Bonchev–Trinajstić information content (AvgIpc) is 2.63. The zero-order valence-corrected chi connectivity index (χ0v) is 12.1. The van der Waals surface area contributed by atoms with Crippen molar-refractivity contribution >= 4 is 17.7 Å². The molecule has 0 bridgehead atoms. The molecule has 0 fully saturated rings. The number of hydrogen-bond donors (Lipinski definition) is 2. The van der Waals surface area contributed by atoms with Crippen molar-refractivity contribution in [3.05, 3.63) is 11.5 Å². The Morgan fingerprint density at radius 1 is 1.56 bits per heavy atom. The van der Waals surface area contributed by atoms with Crippen molar-refractivity contribution in [1.82, 2.24) is 10.3 Å². The highest BCUT2D eigenvalue weighted by Crippen LogP contribution is 2.24. The lowest BCUT2D eigenvalue weighted by atomic mass is 10.1. The van der Waals surface area contributed by atoms with Crippen molar-refractivity contribution in [3.63, 3.8) is 0 Å². The minimum atomic E-state index is -0.961. The van der Waals surface area contributed by atoms with Crippen LogP contribution in [0.25, 0.3) is 0 Å². The molecule has 1 aromatic rings. The van der Waals surface area contributed by atoms with Crippen molar-refractivity contribution in [2.45, 2.75) is 44.9 Å². The van der Waals surface area contributed by atoms with E-state index in [-0.39, 0.29) is 0 Å². The summed E-state index contributed by atoms with van der Waals surface area (Å²) in [5.74, 6) is 0.293. The largest absolute Gasteiger partial charge is 0.480 e. The molecule has 18 heavy (non-hydrogen) atoms. The van der Waals surface area contributed by atoms with E-state index in [0.29, 0.717) is 17.5 Å². The Hall–Kier alpha value is -1.01. The molecule has 0 saturated carbocycles. The molecule has 0 saturated heterocycles. The van der Waals surface area contributed by atoms with E-state index in [1.54, 1.807) is 6.92 Å². The first kappa shape index (κ1) is 15.0. The van der Waals surface area contributed by atoms with Crippen LogP contribution in [0.1, 0.15) is 31.7 Å². The summed E-state index contributed by atoms with van der Waals surface area (Å²) in [6.07, 6.45) is 0.894. The lowest BCUT2D eigenvalue weighted by Gasteiger charge is -2.25. The highest BCUT2D eigenvalue weighted by molar-refractivity contribution is 7.99. The van der Waals surface area contributed by atoms with Gasteiger partial charge in [-0.2, -0.15) is 0 Å². The number of aromatic nitrogens is 1. The van der Waals surface area contributed by atoms with Gasteiger partial charge in [0.1, 0.15) is 11.3 Å². The zero-order chi connectivity index (χ0) is 13.8. The third-order valence-electron chi connectivity index (χ3n) is 2.73. The first-order valence-corrected chi connectivity index (χ1v) is 6.93. The first-order valence-electron chi connectivity index (χ1n) is 5.94. The number of aryl methyl sites for hydroxylation is 2. The molecule has 0 aromatic carbocycles. The van der Waals surface area contributed by atoms with E-state index >= 15 is 0 Å². The summed E-state index contributed by atoms with van der Waals surface area (Å²) < 4.78 is 5.43. The van der Waals surface area contributed by atoms with Crippen molar-refractivity contribution in [1.29, 1.82) is 0 Å². The number of thioether (sulfide) groups is 1. The van der Waals surface area contributed by atoms with E-state index < -0.39 is 11.5 Å². The zero-order valence-electron chi connectivity index (χ0n) is 11.2. The molecule has 1 heterocycles. The fraction of sp³-hybridized carbons (Fsp3) is 0.667. The molecule has 2 N–H and O–H groups in total. The molecular formula is C12H20N2O3S. The van der Waals surface area contributed by atoms with E-state index in [9.17, 15) is 9.90 Å². The maximum atomic E-state index is 11.3. The molecule has 1 unspecified atom stereocenters. The topological polar surface area (TPSA) is 75.4 Å². The summed E-state index contributed by atoms with van der Waals surface area (Å²) in [7, 11) is 0. The van der Waals surface area contributed by atoms with Crippen LogP contribution >= 0.6 is 11.8 Å². The van der Waals surface area contributed by atoms with E-state index in [1.165, 1.54) is 11.8 Å². The molecule has 0 spiro atoms. The fourth-order valence-corrected chi connectivity index (χ4v) is 2.32. The van der Waals surface area contributed by atoms with Crippen LogP contribution in [0.5, 0.6) is 0 Å². The van der Waals surface area contributed by atoms with Crippen LogP contribution in [-0.2, 0) is 4.79 Å². The minimum absolute atomic E-state index is 0.377. The molecule has 0 aliphatic heterocycles. The van der Waals surface area contributed by atoms with Crippen molar-refractivity contribution in [2.75, 3.05) is 12.3 Å². The quantitative estimate of drug-likeness (QED) is 0.741. The number of hydrogen-bond acceptors (Lipinski definition) is 5. The second kappa shape index (κ2) is 6.24. The first-order chi connectivity index (χ1) is 8.39. The van der Waals surface area contributed by atoms with Gasteiger partial charge in [-0.3, -0.25) is 4.79 Å². The van der Waals surface area contributed by atoms with E-state index in [2.05, 4.69) is 10.3 Å². The van der Waals surface area contributed by atoms with Crippen LogP contribution in [0.4, 0.5) is 0 Å². The Morgan fingerprint density at radius 2 is 2.22 bits per heavy atom. The molecule has 1 atom stereocenters. The van der Waals surface area contributed by atoms with Gasteiger partial charge in [0.05, 0.1) is 5.69 Å². The SMILES string of the molecule is CCCNC(C)(CSc1nc(C)c(C)o1)C(=O)O. The van der Waals surface area contributed by atoms with Crippen LogP contribution in [0.2, 0.25) is 0 Å².